The molecule has 0 unspecified atom stereocenters. The zero-order valence-electron chi connectivity index (χ0n) is 35.8. The Bertz CT molecular complexity index is 1680. The van der Waals surface area contributed by atoms with Gasteiger partial charge in [-0.25, -0.2) is 14.9 Å². The fraction of sp³-hybridized carbons (Fsp3) is 0.625. The summed E-state index contributed by atoms with van der Waals surface area (Å²) in [6.45, 7) is 11.6. The highest BCUT2D eigenvalue weighted by Crippen LogP contribution is 2.25. The Morgan fingerprint density at radius 2 is 1.54 bits per heavy atom. The molecule has 340 valence electrons. The average Bonchev–Trinajstić information content (AvgIpc) is 3.64. The van der Waals surface area contributed by atoms with E-state index in [9.17, 15) is 58.6 Å². The summed E-state index contributed by atoms with van der Waals surface area (Å²) in [6.07, 6.45) is -2.06. The van der Waals surface area contributed by atoms with Crippen LogP contribution >= 0.6 is 0 Å². The van der Waals surface area contributed by atoms with Crippen LogP contribution < -0.4 is 26.7 Å². The first-order valence-corrected chi connectivity index (χ1v) is 20.4. The highest BCUT2D eigenvalue weighted by atomic mass is 16.5. The highest BCUT2D eigenvalue weighted by Gasteiger charge is 2.45. The molecule has 0 aromatic heterocycles. The molecule has 1 aromatic carbocycles. The van der Waals surface area contributed by atoms with Crippen LogP contribution in [0.25, 0.3) is 0 Å². The van der Waals surface area contributed by atoms with Crippen molar-refractivity contribution in [1.29, 1.82) is 0 Å². The summed E-state index contributed by atoms with van der Waals surface area (Å²) >= 11 is 0. The number of hydrazine groups is 1. The Balaban J connectivity index is 2.47. The van der Waals surface area contributed by atoms with E-state index in [1.807, 2.05) is 37.3 Å². The zero-order valence-corrected chi connectivity index (χ0v) is 35.8. The summed E-state index contributed by atoms with van der Waals surface area (Å²) in [7, 11) is 0. The zero-order chi connectivity index (χ0) is 46.0. The van der Waals surface area contributed by atoms with Gasteiger partial charge in [0.15, 0.2) is 0 Å². The van der Waals surface area contributed by atoms with E-state index >= 15 is 0 Å². The molecule has 1 aromatic rings. The number of carboxylic acid groups (broad SMARTS) is 2. The number of urea groups is 1. The number of amides is 8. The van der Waals surface area contributed by atoms with Crippen molar-refractivity contribution in [1.82, 2.24) is 41.7 Å². The standard InChI is InChI=1S/C40H62N8O13/c1-8-18-47(40(59)41-10-3)45-36(55)30-19-27(61-22-26-14-12-11-13-15-26)21-46(30)39(58)33(23(4)5)44-37(56)34(24(6)9-2)48(60)38(57)28(16-17-31(50)51)43-35(54)29(20-32(52)53)42-25(7)49/h11-15,23-24,27-30,33-34,60H,8-10,16-22H2,1-7H3,(H,41,59)(H,42,49)(H,43,54)(H,44,56)(H,45,55)(H,50,51)(H,52,53)/t24-,27+,28+,29-,30-,33-,34-/m0/s1. The molecule has 7 atom stereocenters. The Morgan fingerprint density at radius 1 is 0.885 bits per heavy atom. The predicted octanol–water partition coefficient (Wildman–Crippen LogP) is 0.748. The van der Waals surface area contributed by atoms with E-state index in [0.717, 1.165) is 17.5 Å². The second-order valence-electron chi connectivity index (χ2n) is 15.2. The van der Waals surface area contributed by atoms with Crippen molar-refractivity contribution in [2.75, 3.05) is 19.6 Å². The lowest BCUT2D eigenvalue weighted by Gasteiger charge is -2.35. The Morgan fingerprint density at radius 3 is 2.08 bits per heavy atom. The van der Waals surface area contributed by atoms with Crippen LogP contribution in [0.15, 0.2) is 30.3 Å². The summed E-state index contributed by atoms with van der Waals surface area (Å²) in [6, 6.07) is 1.02. The van der Waals surface area contributed by atoms with Gasteiger partial charge in [0, 0.05) is 39.4 Å². The maximum absolute atomic E-state index is 14.5. The number of hydrogen-bond acceptors (Lipinski definition) is 11. The molecule has 8 amide bonds. The summed E-state index contributed by atoms with van der Waals surface area (Å²) < 4.78 is 6.14. The van der Waals surface area contributed by atoms with E-state index in [-0.39, 0.29) is 37.6 Å². The maximum Gasteiger partial charge on any atom is 0.336 e. The minimum atomic E-state index is -1.80. The van der Waals surface area contributed by atoms with Crippen molar-refractivity contribution < 1.29 is 63.3 Å². The number of carbonyl (C=O) groups is 9. The van der Waals surface area contributed by atoms with Crippen molar-refractivity contribution in [3.63, 3.8) is 0 Å². The number of likely N-dealkylation sites (tertiary alicyclic amines) is 1. The predicted molar refractivity (Wildman–Crippen MR) is 217 cm³/mol. The number of carbonyl (C=O) groups excluding carboxylic acids is 7. The van der Waals surface area contributed by atoms with E-state index in [2.05, 4.69) is 26.7 Å². The van der Waals surface area contributed by atoms with Gasteiger partial charge in [0.05, 0.1) is 19.1 Å². The number of carboxylic acids is 2. The van der Waals surface area contributed by atoms with Crippen LogP contribution in [-0.4, -0.2) is 140 Å². The molecule has 1 saturated heterocycles. The molecule has 8 N–H and O–H groups in total. The third-order valence-corrected chi connectivity index (χ3v) is 9.95. The van der Waals surface area contributed by atoms with Gasteiger partial charge in [-0.1, -0.05) is 71.4 Å². The van der Waals surface area contributed by atoms with Crippen molar-refractivity contribution in [3.8, 4) is 0 Å². The lowest BCUT2D eigenvalue weighted by Crippen LogP contribution is -2.62. The van der Waals surface area contributed by atoms with Gasteiger partial charge in [-0.15, -0.1) is 0 Å². The first-order valence-electron chi connectivity index (χ1n) is 20.4. The number of rotatable bonds is 23. The Labute approximate surface area is 355 Å². The third-order valence-electron chi connectivity index (χ3n) is 9.95. The van der Waals surface area contributed by atoms with Crippen LogP contribution in [0.1, 0.15) is 92.6 Å². The van der Waals surface area contributed by atoms with Gasteiger partial charge in [0.25, 0.3) is 11.8 Å². The molecule has 61 heavy (non-hydrogen) atoms. The second-order valence-corrected chi connectivity index (χ2v) is 15.2. The fourth-order valence-electron chi connectivity index (χ4n) is 6.57. The number of aliphatic carboxylic acids is 2. The average molecular weight is 863 g/mol. The number of nitrogens with one attached hydrogen (secondary N) is 5. The lowest BCUT2D eigenvalue weighted by atomic mass is 9.95. The molecule has 1 aliphatic rings. The number of ether oxygens (including phenoxy) is 1. The van der Waals surface area contributed by atoms with E-state index in [4.69, 9.17) is 4.74 Å². The van der Waals surface area contributed by atoms with Crippen LogP contribution in [0.4, 0.5) is 4.79 Å². The molecule has 0 spiro atoms. The number of hydroxylamine groups is 2. The molecule has 0 bridgehead atoms. The molecular weight excluding hydrogens is 800 g/mol. The van der Waals surface area contributed by atoms with Crippen molar-refractivity contribution >= 4 is 53.4 Å². The molecule has 0 saturated carbocycles. The third kappa shape index (κ3) is 15.9. The van der Waals surface area contributed by atoms with Gasteiger partial charge in [-0.05, 0) is 37.2 Å². The van der Waals surface area contributed by atoms with Crippen LogP contribution in [-0.2, 0) is 49.7 Å². The monoisotopic (exact) mass is 862 g/mol. The summed E-state index contributed by atoms with van der Waals surface area (Å²) in [4.78, 5) is 118. The smallest absolute Gasteiger partial charge is 0.336 e. The topological polar surface area (TPSA) is 293 Å². The number of hydrogen-bond donors (Lipinski definition) is 8. The van der Waals surface area contributed by atoms with Crippen molar-refractivity contribution in [2.45, 2.75) is 130 Å². The lowest BCUT2D eigenvalue weighted by molar-refractivity contribution is -0.187. The van der Waals surface area contributed by atoms with Crippen LogP contribution in [0.2, 0.25) is 0 Å². The van der Waals surface area contributed by atoms with Gasteiger partial charge < -0.3 is 41.1 Å². The molecule has 0 radical (unpaired) electrons. The molecule has 2 rings (SSSR count). The summed E-state index contributed by atoms with van der Waals surface area (Å²) in [5, 5.41) is 40.8. The van der Waals surface area contributed by atoms with Gasteiger partial charge in [0.2, 0.25) is 23.6 Å². The van der Waals surface area contributed by atoms with E-state index in [0.29, 0.717) is 13.0 Å². The van der Waals surface area contributed by atoms with E-state index in [1.54, 1.807) is 27.7 Å². The summed E-state index contributed by atoms with van der Waals surface area (Å²) in [5.74, 6) is -9.88. The number of benzene rings is 1. The Hall–Kier alpha value is -5.83. The fourth-order valence-corrected chi connectivity index (χ4v) is 6.57. The molecule has 1 fully saturated rings. The number of nitrogens with zero attached hydrogens (tertiary/aromatic N) is 3. The quantitative estimate of drug-likeness (QED) is 0.0558. The molecule has 21 heteroatoms. The molecular formula is C40H62N8O13. The highest BCUT2D eigenvalue weighted by molar-refractivity contribution is 5.97. The first-order chi connectivity index (χ1) is 28.7. The van der Waals surface area contributed by atoms with Crippen LogP contribution in [0, 0.1) is 11.8 Å². The van der Waals surface area contributed by atoms with Gasteiger partial charge in [0.1, 0.15) is 30.2 Å². The van der Waals surface area contributed by atoms with E-state index < -0.39 is 121 Å². The molecule has 0 aliphatic carbocycles. The maximum atomic E-state index is 14.5. The van der Waals surface area contributed by atoms with Gasteiger partial charge in [-0.2, -0.15) is 0 Å². The van der Waals surface area contributed by atoms with Crippen molar-refractivity contribution in [3.05, 3.63) is 35.9 Å². The minimum Gasteiger partial charge on any atom is -0.481 e. The minimum absolute atomic E-state index is 0.0473. The first kappa shape index (κ1) is 51.3. The second kappa shape index (κ2) is 25.1. The summed E-state index contributed by atoms with van der Waals surface area (Å²) in [5.41, 5.74) is 3.47. The van der Waals surface area contributed by atoms with Gasteiger partial charge in [-0.3, -0.25) is 49.0 Å². The van der Waals surface area contributed by atoms with Crippen molar-refractivity contribution in [2.24, 2.45) is 11.8 Å². The largest absolute Gasteiger partial charge is 0.481 e. The van der Waals surface area contributed by atoms with Crippen LogP contribution in [0.3, 0.4) is 0 Å². The molecule has 21 nitrogen and oxygen atoms in total. The molecule has 1 aliphatic heterocycles. The normalized spacial score (nSPS) is 17.2. The Kier molecular flexibility index (Phi) is 21.1. The van der Waals surface area contributed by atoms with Crippen LogP contribution in [0.5, 0.6) is 0 Å². The van der Waals surface area contributed by atoms with Gasteiger partial charge >= 0.3 is 18.0 Å². The SMILES string of the molecule is CCCN(NC(=O)[C@@H]1C[C@@H](OCc2ccccc2)CN1C(=O)[C@@H](NC(=O)[C@H]([C@@H](C)CC)N(O)C(=O)[C@@H](CCC(=O)O)NC(=O)[C@H](CC(=O)O)NC(C)=O)C(C)C)C(=O)NCC. The van der Waals surface area contributed by atoms with E-state index in [1.165, 1.54) is 11.8 Å². The molecule has 1 heterocycles.